The Balaban J connectivity index is 2.40. The third kappa shape index (κ3) is 3.35. The number of nitrogens with one attached hydrogen (secondary N) is 1. The summed E-state index contributed by atoms with van der Waals surface area (Å²) in [6, 6.07) is 6.25. The van der Waals surface area contributed by atoms with Crippen LogP contribution in [0.25, 0.3) is 0 Å². The Kier molecular flexibility index (Phi) is 4.44. The molecule has 106 valence electrons. The van der Waals surface area contributed by atoms with Gasteiger partial charge in [0.2, 0.25) is 0 Å². The van der Waals surface area contributed by atoms with E-state index >= 15 is 0 Å². The molecule has 0 amide bonds. The third-order valence-electron chi connectivity index (χ3n) is 2.45. The summed E-state index contributed by atoms with van der Waals surface area (Å²) in [6.45, 7) is 1.83. The second kappa shape index (κ2) is 5.77. The summed E-state index contributed by atoms with van der Waals surface area (Å²) in [4.78, 5) is 3.61. The number of pyridine rings is 1. The number of aromatic nitrogens is 1. The summed E-state index contributed by atoms with van der Waals surface area (Å²) in [5.74, 6) is 0. The molecule has 1 heterocycles. The Morgan fingerprint density at radius 3 is 2.45 bits per heavy atom. The van der Waals surface area contributed by atoms with Crippen LogP contribution in [0.1, 0.15) is 5.56 Å². The molecular formula is C12H9Cl3N2O2S. The van der Waals surface area contributed by atoms with Crippen molar-refractivity contribution in [2.75, 3.05) is 4.72 Å². The maximum Gasteiger partial charge on any atom is 0.263 e. The summed E-state index contributed by atoms with van der Waals surface area (Å²) in [5, 5.41) is 0.399. The topological polar surface area (TPSA) is 59.1 Å². The standard InChI is InChI=1S/C12H9Cl3N2O2S/c1-7-2-3-9(13)11(4-7)17-20(18,19)8-5-10(14)12(15)16-6-8/h2-6,17H,1H3. The van der Waals surface area contributed by atoms with Crippen molar-refractivity contribution in [3.63, 3.8) is 0 Å². The Bertz CT molecular complexity index is 763. The van der Waals surface area contributed by atoms with Gasteiger partial charge < -0.3 is 0 Å². The minimum Gasteiger partial charge on any atom is -0.278 e. The number of benzene rings is 1. The van der Waals surface area contributed by atoms with Crippen LogP contribution < -0.4 is 4.72 Å². The molecule has 0 unspecified atom stereocenters. The minimum atomic E-state index is -3.83. The van der Waals surface area contributed by atoms with Crippen LogP contribution in [0.3, 0.4) is 0 Å². The highest BCUT2D eigenvalue weighted by Crippen LogP contribution is 2.27. The van der Waals surface area contributed by atoms with Crippen LogP contribution in [0.5, 0.6) is 0 Å². The summed E-state index contributed by atoms with van der Waals surface area (Å²) >= 11 is 17.4. The third-order valence-corrected chi connectivity index (χ3v) is 4.80. The van der Waals surface area contributed by atoms with Crippen molar-refractivity contribution in [2.45, 2.75) is 11.8 Å². The van der Waals surface area contributed by atoms with Gasteiger partial charge in [-0.3, -0.25) is 4.72 Å². The van der Waals surface area contributed by atoms with Crippen molar-refractivity contribution in [3.8, 4) is 0 Å². The zero-order chi connectivity index (χ0) is 14.9. The Morgan fingerprint density at radius 1 is 1.10 bits per heavy atom. The first-order valence-corrected chi connectivity index (χ1v) is 8.01. The van der Waals surface area contributed by atoms with Crippen molar-refractivity contribution in [2.24, 2.45) is 0 Å². The first-order chi connectivity index (χ1) is 9.29. The average Bonchev–Trinajstić information content (AvgIpc) is 2.36. The predicted molar refractivity (Wildman–Crippen MR) is 81.3 cm³/mol. The zero-order valence-electron chi connectivity index (χ0n) is 10.2. The van der Waals surface area contributed by atoms with Crippen LogP contribution in [-0.4, -0.2) is 13.4 Å². The van der Waals surface area contributed by atoms with Crippen LogP contribution in [-0.2, 0) is 10.0 Å². The molecule has 1 aromatic carbocycles. The molecule has 0 radical (unpaired) electrons. The molecule has 0 saturated heterocycles. The van der Waals surface area contributed by atoms with Crippen molar-refractivity contribution in [1.29, 1.82) is 0 Å². The predicted octanol–water partition coefficient (Wildman–Crippen LogP) is 4.15. The number of aryl methyl sites for hydroxylation is 1. The Hall–Kier alpha value is -1.01. The van der Waals surface area contributed by atoms with Gasteiger partial charge in [0.15, 0.2) is 0 Å². The van der Waals surface area contributed by atoms with E-state index < -0.39 is 10.0 Å². The molecule has 0 aliphatic carbocycles. The molecule has 0 atom stereocenters. The summed E-state index contributed by atoms with van der Waals surface area (Å²) in [6.07, 6.45) is 1.13. The molecule has 8 heteroatoms. The van der Waals surface area contributed by atoms with Crippen LogP contribution >= 0.6 is 34.8 Å². The van der Waals surface area contributed by atoms with Gasteiger partial charge in [0, 0.05) is 6.20 Å². The SMILES string of the molecule is Cc1ccc(Cl)c(NS(=O)(=O)c2cnc(Cl)c(Cl)c2)c1. The van der Waals surface area contributed by atoms with E-state index in [4.69, 9.17) is 34.8 Å². The maximum atomic E-state index is 12.2. The molecular weight excluding hydrogens is 343 g/mol. The van der Waals surface area contributed by atoms with Gasteiger partial charge in [0.1, 0.15) is 10.0 Å². The fourth-order valence-electron chi connectivity index (χ4n) is 1.47. The van der Waals surface area contributed by atoms with Gasteiger partial charge in [0.05, 0.1) is 15.7 Å². The number of halogens is 3. The first kappa shape index (κ1) is 15.4. The van der Waals surface area contributed by atoms with E-state index in [9.17, 15) is 8.42 Å². The second-order valence-corrected chi connectivity index (χ2v) is 6.89. The van der Waals surface area contributed by atoms with Gasteiger partial charge in [-0.05, 0) is 30.7 Å². The minimum absolute atomic E-state index is 0.0409. The van der Waals surface area contributed by atoms with Crippen LogP contribution in [0.4, 0.5) is 5.69 Å². The van der Waals surface area contributed by atoms with Gasteiger partial charge in [0.25, 0.3) is 10.0 Å². The molecule has 2 rings (SSSR count). The molecule has 0 spiro atoms. The molecule has 0 aliphatic rings. The number of anilines is 1. The molecule has 1 N–H and O–H groups in total. The maximum absolute atomic E-state index is 12.2. The molecule has 2 aromatic rings. The number of hydrogen-bond acceptors (Lipinski definition) is 3. The lowest BCUT2D eigenvalue weighted by molar-refractivity contribution is 0.601. The Morgan fingerprint density at radius 2 is 1.80 bits per heavy atom. The lowest BCUT2D eigenvalue weighted by Gasteiger charge is -2.10. The molecule has 20 heavy (non-hydrogen) atoms. The molecule has 4 nitrogen and oxygen atoms in total. The van der Waals surface area contributed by atoms with Gasteiger partial charge in [-0.2, -0.15) is 0 Å². The van der Waals surface area contributed by atoms with Crippen LogP contribution in [0, 0.1) is 6.92 Å². The summed E-state index contributed by atoms with van der Waals surface area (Å²) in [7, 11) is -3.83. The molecule has 0 saturated carbocycles. The number of rotatable bonds is 3. The highest BCUT2D eigenvalue weighted by molar-refractivity contribution is 7.92. The fourth-order valence-corrected chi connectivity index (χ4v) is 3.07. The van der Waals surface area contributed by atoms with Gasteiger partial charge in [-0.15, -0.1) is 0 Å². The Labute approximate surface area is 131 Å². The smallest absolute Gasteiger partial charge is 0.263 e. The van der Waals surface area contributed by atoms with Crippen molar-refractivity contribution < 1.29 is 8.42 Å². The number of nitrogens with zero attached hydrogens (tertiary/aromatic N) is 1. The van der Waals surface area contributed by atoms with Crippen LogP contribution in [0.15, 0.2) is 35.4 Å². The van der Waals surface area contributed by atoms with Crippen molar-refractivity contribution >= 4 is 50.5 Å². The van der Waals surface area contributed by atoms with E-state index in [-0.39, 0.29) is 20.8 Å². The van der Waals surface area contributed by atoms with Crippen LogP contribution in [0.2, 0.25) is 15.2 Å². The zero-order valence-corrected chi connectivity index (χ0v) is 13.3. The lowest BCUT2D eigenvalue weighted by Crippen LogP contribution is -2.13. The van der Waals surface area contributed by atoms with Gasteiger partial charge in [-0.1, -0.05) is 40.9 Å². The lowest BCUT2D eigenvalue weighted by atomic mass is 10.2. The fraction of sp³-hybridized carbons (Fsp3) is 0.0833. The van der Waals surface area contributed by atoms with E-state index in [2.05, 4.69) is 9.71 Å². The van der Waals surface area contributed by atoms with E-state index in [1.165, 1.54) is 6.07 Å². The number of sulfonamides is 1. The average molecular weight is 352 g/mol. The van der Waals surface area contributed by atoms with E-state index in [1.54, 1.807) is 18.2 Å². The molecule has 0 bridgehead atoms. The second-order valence-electron chi connectivity index (χ2n) is 4.03. The van der Waals surface area contributed by atoms with Gasteiger partial charge in [-0.25, -0.2) is 13.4 Å². The van der Waals surface area contributed by atoms with E-state index in [1.807, 2.05) is 6.92 Å². The highest BCUT2D eigenvalue weighted by atomic mass is 35.5. The number of hydrogen-bond donors (Lipinski definition) is 1. The van der Waals surface area contributed by atoms with E-state index in [0.717, 1.165) is 11.8 Å². The normalized spacial score (nSPS) is 11.4. The van der Waals surface area contributed by atoms with Gasteiger partial charge >= 0.3 is 0 Å². The monoisotopic (exact) mass is 350 g/mol. The quantitative estimate of drug-likeness (QED) is 0.845. The molecule has 0 fully saturated rings. The first-order valence-electron chi connectivity index (χ1n) is 5.39. The molecule has 0 aliphatic heterocycles. The highest BCUT2D eigenvalue weighted by Gasteiger charge is 2.17. The summed E-state index contributed by atoms with van der Waals surface area (Å²) in [5.41, 5.74) is 1.16. The summed E-state index contributed by atoms with van der Waals surface area (Å²) < 4.78 is 26.8. The molecule has 1 aromatic heterocycles. The largest absolute Gasteiger partial charge is 0.278 e. The van der Waals surface area contributed by atoms with E-state index in [0.29, 0.717) is 5.02 Å². The van der Waals surface area contributed by atoms with Crippen molar-refractivity contribution in [1.82, 2.24) is 4.98 Å². The van der Waals surface area contributed by atoms with Crippen molar-refractivity contribution in [3.05, 3.63) is 51.2 Å².